The molecule has 3 aromatic rings. The third-order valence-electron chi connectivity index (χ3n) is 7.74. The fourth-order valence-electron chi connectivity index (χ4n) is 5.78. The summed E-state index contributed by atoms with van der Waals surface area (Å²) >= 11 is 0. The molecule has 3 aromatic carbocycles. The van der Waals surface area contributed by atoms with E-state index < -0.39 is 29.8 Å². The minimum absolute atomic E-state index is 0. The topological polar surface area (TPSA) is 89.2 Å². The van der Waals surface area contributed by atoms with Crippen LogP contribution < -0.4 is 24.2 Å². The number of halogens is 4. The van der Waals surface area contributed by atoms with Crippen LogP contribution in [0.4, 0.5) is 34.6 Å². The van der Waals surface area contributed by atoms with Gasteiger partial charge in [-0.25, -0.2) is 4.39 Å². The van der Waals surface area contributed by atoms with E-state index in [-0.39, 0.29) is 71.9 Å². The second kappa shape index (κ2) is 15.4. The fourth-order valence-corrected chi connectivity index (χ4v) is 5.78. The average molecular weight is 645 g/mol. The number of hydrogen-bond acceptors (Lipinski definition) is 8. The molecular weight excluding hydrogens is 607 g/mol. The van der Waals surface area contributed by atoms with E-state index >= 15 is 4.39 Å². The number of rotatable bonds is 8. The van der Waals surface area contributed by atoms with Crippen molar-refractivity contribution in [3.8, 4) is 11.5 Å². The van der Waals surface area contributed by atoms with E-state index in [1.54, 1.807) is 36.0 Å². The SMILES string of the molecule is CCOC(=O)CN1c2c(F)cccc2CN(c2cc(C(F)(F)F)ccc2OC)C1N1CCN(c2cccc(OC)c2)CC1.O.[NaH]. The maximum absolute atomic E-state index is 15.5. The second-order valence-electron chi connectivity index (χ2n) is 10.3. The maximum atomic E-state index is 15.5. The zero-order chi connectivity index (χ0) is 30.7. The number of alkyl halides is 3. The summed E-state index contributed by atoms with van der Waals surface area (Å²) in [6.45, 7) is 3.70. The molecule has 2 aliphatic heterocycles. The van der Waals surface area contributed by atoms with Gasteiger partial charge in [0, 0.05) is 44.5 Å². The predicted octanol–water partition coefficient (Wildman–Crippen LogP) is 3.88. The van der Waals surface area contributed by atoms with Gasteiger partial charge in [0.05, 0.1) is 37.8 Å². The second-order valence-corrected chi connectivity index (χ2v) is 10.3. The van der Waals surface area contributed by atoms with E-state index in [2.05, 4.69) is 4.90 Å². The monoisotopic (exact) mass is 644 g/mol. The van der Waals surface area contributed by atoms with Gasteiger partial charge in [-0.15, -0.1) is 0 Å². The Bertz CT molecular complexity index is 1460. The van der Waals surface area contributed by atoms with E-state index in [4.69, 9.17) is 14.2 Å². The molecule has 0 aliphatic carbocycles. The normalized spacial score (nSPS) is 16.7. The minimum atomic E-state index is -4.59. The van der Waals surface area contributed by atoms with Gasteiger partial charge in [-0.05, 0) is 48.9 Å². The average Bonchev–Trinajstić information content (AvgIpc) is 3.00. The van der Waals surface area contributed by atoms with Crippen LogP contribution in [0.2, 0.25) is 0 Å². The summed E-state index contributed by atoms with van der Waals surface area (Å²) < 4.78 is 73.4. The van der Waals surface area contributed by atoms with E-state index in [1.807, 2.05) is 29.2 Å². The molecule has 0 bridgehead atoms. The van der Waals surface area contributed by atoms with Gasteiger partial charge in [0.1, 0.15) is 23.9 Å². The molecule has 1 fully saturated rings. The first kappa shape index (κ1) is 36.2. The molecule has 2 heterocycles. The van der Waals surface area contributed by atoms with Crippen molar-refractivity contribution in [2.24, 2.45) is 0 Å². The number of benzene rings is 3. The number of fused-ring (bicyclic) bond motifs is 1. The molecule has 1 saturated heterocycles. The molecule has 14 heteroatoms. The number of carbonyl (C=O) groups is 1. The number of anilines is 3. The van der Waals surface area contributed by atoms with Crippen molar-refractivity contribution in [3.63, 3.8) is 0 Å². The third kappa shape index (κ3) is 7.78. The number of nitrogens with zero attached hydrogens (tertiary/aromatic N) is 4. The molecule has 0 saturated carbocycles. The van der Waals surface area contributed by atoms with Gasteiger partial charge >= 0.3 is 41.7 Å². The van der Waals surface area contributed by atoms with Gasteiger partial charge < -0.3 is 34.4 Å². The summed E-state index contributed by atoms with van der Waals surface area (Å²) in [5.41, 5.74) is 1.06. The summed E-state index contributed by atoms with van der Waals surface area (Å²) in [5, 5.41) is 0. The Balaban J connectivity index is 0.00000276. The van der Waals surface area contributed by atoms with Crippen LogP contribution >= 0.6 is 0 Å². The Hall–Kier alpha value is -3.23. The van der Waals surface area contributed by atoms with Crippen LogP contribution in [0, 0.1) is 5.82 Å². The standard InChI is InChI=1S/C31H34F4N4O4.Na.H2O.H/c1-4-43-28(40)20-39-29-21(7-5-10-25(29)32)19-38(26-17-22(31(33,34)35)11-12-27(26)42-3)30(39)37-15-13-36(14-16-37)23-8-6-9-24(18-23)41-2;;;/h5-12,17-18,30H,4,13-16,19-20H2,1-3H3;;1H2;. The molecule has 0 aromatic heterocycles. The number of piperazine rings is 1. The Kier molecular flexibility index (Phi) is 12.4. The fraction of sp³-hybridized carbons (Fsp3) is 0.387. The van der Waals surface area contributed by atoms with Crippen LogP contribution in [0.3, 0.4) is 0 Å². The molecule has 240 valence electrons. The first-order valence-corrected chi connectivity index (χ1v) is 14.0. The molecular formula is C31H37F4N4NaO5. The number of para-hydroxylation sites is 1. The van der Waals surface area contributed by atoms with Crippen LogP contribution in [0.25, 0.3) is 0 Å². The molecule has 0 amide bonds. The predicted molar refractivity (Wildman–Crippen MR) is 166 cm³/mol. The zero-order valence-electron chi connectivity index (χ0n) is 24.7. The summed E-state index contributed by atoms with van der Waals surface area (Å²) in [6, 6.07) is 15.6. The van der Waals surface area contributed by atoms with Crippen LogP contribution in [0.1, 0.15) is 18.1 Å². The van der Waals surface area contributed by atoms with Crippen molar-refractivity contribution in [3.05, 3.63) is 77.6 Å². The number of ether oxygens (including phenoxy) is 3. The Morgan fingerprint density at radius 3 is 2.31 bits per heavy atom. The van der Waals surface area contributed by atoms with Crippen LogP contribution in [-0.2, 0) is 22.3 Å². The Labute approximate surface area is 281 Å². The van der Waals surface area contributed by atoms with Crippen LogP contribution in [-0.4, -0.2) is 106 Å². The van der Waals surface area contributed by atoms with Crippen LogP contribution in [0.15, 0.2) is 60.7 Å². The molecule has 0 spiro atoms. The molecule has 45 heavy (non-hydrogen) atoms. The van der Waals surface area contributed by atoms with Gasteiger partial charge in [0.15, 0.2) is 6.29 Å². The van der Waals surface area contributed by atoms with E-state index in [0.29, 0.717) is 31.7 Å². The van der Waals surface area contributed by atoms with Gasteiger partial charge in [-0.2, -0.15) is 13.2 Å². The van der Waals surface area contributed by atoms with E-state index in [0.717, 1.165) is 23.6 Å². The van der Waals surface area contributed by atoms with Crippen molar-refractivity contribution < 1.29 is 42.0 Å². The molecule has 1 unspecified atom stereocenters. The Morgan fingerprint density at radius 2 is 1.67 bits per heavy atom. The van der Waals surface area contributed by atoms with Gasteiger partial charge in [0.25, 0.3) is 0 Å². The van der Waals surface area contributed by atoms with Crippen LogP contribution in [0.5, 0.6) is 11.5 Å². The quantitative estimate of drug-likeness (QED) is 0.208. The first-order chi connectivity index (χ1) is 20.6. The summed E-state index contributed by atoms with van der Waals surface area (Å²) in [7, 11) is 2.99. The van der Waals surface area contributed by atoms with E-state index in [1.165, 1.54) is 19.2 Å². The number of esters is 1. The third-order valence-corrected chi connectivity index (χ3v) is 7.74. The molecule has 5 rings (SSSR count). The van der Waals surface area contributed by atoms with E-state index in [9.17, 15) is 18.0 Å². The van der Waals surface area contributed by atoms with Gasteiger partial charge in [-0.3, -0.25) is 9.69 Å². The Morgan fingerprint density at radius 1 is 0.956 bits per heavy atom. The number of hydrogen-bond donors (Lipinski definition) is 0. The summed E-state index contributed by atoms with van der Waals surface area (Å²) in [6.07, 6.45) is -5.41. The first-order valence-electron chi connectivity index (χ1n) is 14.0. The molecule has 2 N–H and O–H groups in total. The number of carbonyl (C=O) groups excluding carboxylic acids is 1. The van der Waals surface area contributed by atoms with Crippen molar-refractivity contribution in [1.29, 1.82) is 0 Å². The van der Waals surface area contributed by atoms with Crippen molar-refractivity contribution >= 4 is 52.6 Å². The molecule has 2 aliphatic rings. The molecule has 0 radical (unpaired) electrons. The number of methoxy groups -OCH3 is 2. The zero-order valence-corrected chi connectivity index (χ0v) is 24.7. The van der Waals surface area contributed by atoms with Gasteiger partial charge in [0.2, 0.25) is 0 Å². The van der Waals surface area contributed by atoms with Crippen molar-refractivity contribution in [1.82, 2.24) is 4.90 Å². The molecule has 9 nitrogen and oxygen atoms in total. The summed E-state index contributed by atoms with van der Waals surface area (Å²) in [4.78, 5) is 20.5. The van der Waals surface area contributed by atoms with Crippen molar-refractivity contribution in [2.75, 3.05) is 68.2 Å². The molecule has 1 atom stereocenters. The summed E-state index contributed by atoms with van der Waals surface area (Å²) in [5.74, 6) is -0.154. The van der Waals surface area contributed by atoms with Gasteiger partial charge in [-0.1, -0.05) is 18.2 Å². The van der Waals surface area contributed by atoms with Crippen molar-refractivity contribution in [2.45, 2.75) is 25.9 Å².